The molecule has 3 aliphatic carbocycles. The molecule has 0 heterocycles. The highest BCUT2D eigenvalue weighted by molar-refractivity contribution is 5.32. The Morgan fingerprint density at radius 3 is 3.00 bits per heavy atom. The predicted octanol–water partition coefficient (Wildman–Crippen LogP) is 3.24. The molecule has 5 atom stereocenters. The zero-order valence-electron chi connectivity index (χ0n) is 7.92. The molecule has 0 heteroatoms. The van der Waals surface area contributed by atoms with E-state index in [4.69, 9.17) is 0 Å². The number of allylic oxidation sites excluding steroid dienone is 1. The lowest BCUT2D eigenvalue weighted by Crippen LogP contribution is -2.18. The Bertz CT molecular complexity index is 222. The van der Waals surface area contributed by atoms with Crippen molar-refractivity contribution in [2.75, 3.05) is 0 Å². The van der Waals surface area contributed by atoms with E-state index in [0.29, 0.717) is 0 Å². The van der Waals surface area contributed by atoms with Crippen molar-refractivity contribution >= 4 is 0 Å². The molecule has 0 saturated heterocycles. The summed E-state index contributed by atoms with van der Waals surface area (Å²) in [5, 5.41) is 0. The van der Waals surface area contributed by atoms with E-state index in [0.717, 1.165) is 17.3 Å². The molecule has 12 heavy (non-hydrogen) atoms. The Kier molecular flexibility index (Phi) is 1.18. The van der Waals surface area contributed by atoms with Gasteiger partial charge in [0.15, 0.2) is 0 Å². The Morgan fingerprint density at radius 1 is 1.50 bits per heavy atom. The SMILES string of the molecule is C=CC1CCC2C3C(CC)C23C1. The Morgan fingerprint density at radius 2 is 2.33 bits per heavy atom. The van der Waals surface area contributed by atoms with Gasteiger partial charge in [-0.2, -0.15) is 0 Å². The zero-order valence-corrected chi connectivity index (χ0v) is 7.92. The molecular weight excluding hydrogens is 144 g/mol. The Labute approximate surface area is 75.0 Å². The molecule has 0 aromatic heterocycles. The number of rotatable bonds is 2. The van der Waals surface area contributed by atoms with Crippen molar-refractivity contribution in [3.8, 4) is 0 Å². The van der Waals surface area contributed by atoms with E-state index in [-0.39, 0.29) is 0 Å². The maximum Gasteiger partial charge on any atom is -0.0196 e. The first kappa shape index (κ1) is 7.17. The highest BCUT2D eigenvalue weighted by atomic mass is 14.9. The van der Waals surface area contributed by atoms with Crippen LogP contribution in [0.4, 0.5) is 0 Å². The lowest BCUT2D eigenvalue weighted by atomic mass is 9.77. The molecule has 0 N–H and O–H groups in total. The topological polar surface area (TPSA) is 0 Å². The van der Waals surface area contributed by atoms with E-state index in [1.165, 1.54) is 37.5 Å². The van der Waals surface area contributed by atoms with Crippen LogP contribution in [0.2, 0.25) is 0 Å². The molecule has 0 nitrogen and oxygen atoms in total. The average molecular weight is 162 g/mol. The number of hydrogen-bond donors (Lipinski definition) is 0. The van der Waals surface area contributed by atoms with Crippen LogP contribution in [-0.4, -0.2) is 0 Å². The van der Waals surface area contributed by atoms with Gasteiger partial charge < -0.3 is 0 Å². The molecule has 0 bridgehead atoms. The van der Waals surface area contributed by atoms with Gasteiger partial charge in [-0.3, -0.25) is 0 Å². The van der Waals surface area contributed by atoms with Gasteiger partial charge in [-0.15, -0.1) is 6.58 Å². The summed E-state index contributed by atoms with van der Waals surface area (Å²) in [6.07, 6.45) is 8.07. The van der Waals surface area contributed by atoms with Crippen LogP contribution in [0, 0.1) is 29.1 Å². The fraction of sp³-hybridized carbons (Fsp3) is 0.833. The van der Waals surface area contributed by atoms with E-state index in [9.17, 15) is 0 Å². The molecule has 1 spiro atoms. The monoisotopic (exact) mass is 162 g/mol. The van der Waals surface area contributed by atoms with Crippen LogP contribution in [0.3, 0.4) is 0 Å². The van der Waals surface area contributed by atoms with Crippen LogP contribution in [0.1, 0.15) is 32.6 Å². The summed E-state index contributed by atoms with van der Waals surface area (Å²) < 4.78 is 0. The van der Waals surface area contributed by atoms with Gasteiger partial charge in [0.05, 0.1) is 0 Å². The fourth-order valence-corrected chi connectivity index (χ4v) is 4.26. The highest BCUT2D eigenvalue weighted by Gasteiger charge is 2.84. The van der Waals surface area contributed by atoms with Crippen LogP contribution in [-0.2, 0) is 0 Å². The minimum Gasteiger partial charge on any atom is -0.103 e. The molecule has 66 valence electrons. The third kappa shape index (κ3) is 0.582. The summed E-state index contributed by atoms with van der Waals surface area (Å²) in [4.78, 5) is 0. The van der Waals surface area contributed by atoms with Crippen LogP contribution in [0.5, 0.6) is 0 Å². The highest BCUT2D eigenvalue weighted by Crippen LogP contribution is 2.89. The second kappa shape index (κ2) is 1.97. The van der Waals surface area contributed by atoms with E-state index < -0.39 is 0 Å². The van der Waals surface area contributed by atoms with Crippen molar-refractivity contribution in [1.29, 1.82) is 0 Å². The lowest BCUT2D eigenvalue weighted by Gasteiger charge is -2.27. The van der Waals surface area contributed by atoms with Crippen LogP contribution < -0.4 is 0 Å². The van der Waals surface area contributed by atoms with Gasteiger partial charge in [-0.1, -0.05) is 19.4 Å². The number of fused-ring (bicyclic) bond motifs is 1. The van der Waals surface area contributed by atoms with Crippen molar-refractivity contribution in [3.05, 3.63) is 12.7 Å². The van der Waals surface area contributed by atoms with Crippen molar-refractivity contribution < 1.29 is 0 Å². The molecule has 0 aliphatic heterocycles. The van der Waals surface area contributed by atoms with E-state index in [2.05, 4.69) is 19.6 Å². The van der Waals surface area contributed by atoms with Gasteiger partial charge >= 0.3 is 0 Å². The van der Waals surface area contributed by atoms with E-state index in [1.807, 2.05) is 0 Å². The van der Waals surface area contributed by atoms with Gasteiger partial charge in [0.25, 0.3) is 0 Å². The fourth-order valence-electron chi connectivity index (χ4n) is 4.26. The first-order valence-corrected chi connectivity index (χ1v) is 5.47. The molecule has 3 rings (SSSR count). The molecule has 0 amide bonds. The predicted molar refractivity (Wildman–Crippen MR) is 50.7 cm³/mol. The molecular formula is C12H18. The quantitative estimate of drug-likeness (QED) is 0.547. The first-order chi connectivity index (χ1) is 5.84. The molecule has 3 saturated carbocycles. The summed E-state index contributed by atoms with van der Waals surface area (Å²) in [5.74, 6) is 4.33. The van der Waals surface area contributed by atoms with Gasteiger partial charge in [-0.05, 0) is 48.3 Å². The van der Waals surface area contributed by atoms with Crippen molar-refractivity contribution in [3.63, 3.8) is 0 Å². The molecule has 3 aliphatic rings. The minimum atomic E-state index is 0.864. The van der Waals surface area contributed by atoms with Crippen molar-refractivity contribution in [2.45, 2.75) is 32.6 Å². The van der Waals surface area contributed by atoms with Crippen molar-refractivity contribution in [2.24, 2.45) is 29.1 Å². The van der Waals surface area contributed by atoms with Crippen molar-refractivity contribution in [1.82, 2.24) is 0 Å². The maximum atomic E-state index is 3.94. The Hall–Kier alpha value is -0.260. The molecule has 0 radical (unpaired) electrons. The van der Waals surface area contributed by atoms with Gasteiger partial charge in [-0.25, -0.2) is 0 Å². The maximum absolute atomic E-state index is 3.94. The van der Waals surface area contributed by atoms with Crippen LogP contribution >= 0.6 is 0 Å². The normalized spacial score (nSPS) is 60.1. The molecule has 0 aromatic rings. The molecule has 0 aromatic carbocycles. The van der Waals surface area contributed by atoms with Gasteiger partial charge in [0, 0.05) is 0 Å². The van der Waals surface area contributed by atoms with Gasteiger partial charge in [0.2, 0.25) is 0 Å². The summed E-state index contributed by atoms with van der Waals surface area (Å²) >= 11 is 0. The largest absolute Gasteiger partial charge is 0.103 e. The van der Waals surface area contributed by atoms with E-state index in [1.54, 1.807) is 0 Å². The standard InChI is InChI=1S/C12H18/c1-3-8-5-6-10-11-9(4-2)12(10,11)7-8/h3,8-11H,1,4-7H2,2H3. The van der Waals surface area contributed by atoms with E-state index >= 15 is 0 Å². The summed E-state index contributed by atoms with van der Waals surface area (Å²) in [5.41, 5.74) is 0.881. The molecule has 5 unspecified atom stereocenters. The number of hydrogen-bond acceptors (Lipinski definition) is 0. The zero-order chi connectivity index (χ0) is 8.34. The average Bonchev–Trinajstić information content (AvgIpc) is 2.91. The summed E-state index contributed by atoms with van der Waals surface area (Å²) in [6.45, 7) is 6.30. The Balaban J connectivity index is 1.74. The van der Waals surface area contributed by atoms with Crippen LogP contribution in [0.25, 0.3) is 0 Å². The minimum absolute atomic E-state index is 0.864. The second-order valence-corrected chi connectivity index (χ2v) is 5.04. The third-order valence-electron chi connectivity index (χ3n) is 4.89. The smallest absolute Gasteiger partial charge is 0.0196 e. The first-order valence-electron chi connectivity index (χ1n) is 5.47. The van der Waals surface area contributed by atoms with Crippen LogP contribution in [0.15, 0.2) is 12.7 Å². The van der Waals surface area contributed by atoms with Gasteiger partial charge in [0.1, 0.15) is 0 Å². The second-order valence-electron chi connectivity index (χ2n) is 5.04. The summed E-state index contributed by atoms with van der Waals surface area (Å²) in [6, 6.07) is 0. The summed E-state index contributed by atoms with van der Waals surface area (Å²) in [7, 11) is 0. The third-order valence-corrected chi connectivity index (χ3v) is 4.89. The lowest BCUT2D eigenvalue weighted by molar-refractivity contribution is 0.244. The molecule has 3 fully saturated rings.